The third-order valence-corrected chi connectivity index (χ3v) is 4.37. The Hall–Kier alpha value is -1.47. The molecular formula is C14H17BrFN5. The zero-order valence-electron chi connectivity index (χ0n) is 11.7. The Morgan fingerprint density at radius 1 is 1.43 bits per heavy atom. The molecule has 3 rings (SSSR count). The summed E-state index contributed by atoms with van der Waals surface area (Å²) in [5.41, 5.74) is 6.76. The van der Waals surface area contributed by atoms with E-state index in [9.17, 15) is 4.39 Å². The summed E-state index contributed by atoms with van der Waals surface area (Å²) in [5, 5.41) is 7.14. The topological polar surface area (TPSA) is 70.8 Å². The Kier molecular flexibility index (Phi) is 3.95. The Morgan fingerprint density at radius 2 is 2.24 bits per heavy atom. The molecule has 0 aliphatic carbocycles. The number of hydrogen-bond donors (Lipinski definition) is 2. The van der Waals surface area contributed by atoms with E-state index in [4.69, 9.17) is 5.73 Å². The van der Waals surface area contributed by atoms with Crippen molar-refractivity contribution in [2.45, 2.75) is 31.8 Å². The minimum atomic E-state index is -0.314. The van der Waals surface area contributed by atoms with Gasteiger partial charge >= 0.3 is 0 Å². The maximum Gasteiger partial charge on any atom is 0.245 e. The third kappa shape index (κ3) is 2.94. The van der Waals surface area contributed by atoms with Crippen LogP contribution in [0, 0.1) is 5.82 Å². The zero-order valence-corrected chi connectivity index (χ0v) is 13.3. The lowest BCUT2D eigenvalue weighted by atomic mass is 9.99. The molecule has 1 aromatic carbocycles. The van der Waals surface area contributed by atoms with Crippen molar-refractivity contribution in [1.82, 2.24) is 15.2 Å². The first-order valence-corrected chi connectivity index (χ1v) is 7.75. The first kappa shape index (κ1) is 14.5. The van der Waals surface area contributed by atoms with Gasteiger partial charge in [0.15, 0.2) is 5.82 Å². The van der Waals surface area contributed by atoms with Crippen LogP contribution in [0.1, 0.15) is 19.8 Å². The maximum atomic E-state index is 13.5. The minimum Gasteiger partial charge on any atom is -0.335 e. The van der Waals surface area contributed by atoms with E-state index in [0.717, 1.165) is 19.4 Å². The fraction of sp³-hybridized carbons (Fsp3) is 0.429. The lowest BCUT2D eigenvalue weighted by Gasteiger charge is -2.36. The molecule has 2 aromatic rings. The van der Waals surface area contributed by atoms with E-state index >= 15 is 0 Å². The predicted molar refractivity (Wildman–Crippen MR) is 83.5 cm³/mol. The summed E-state index contributed by atoms with van der Waals surface area (Å²) in [6.45, 7) is 2.97. The van der Waals surface area contributed by atoms with Crippen LogP contribution in [0.4, 0.5) is 10.3 Å². The molecule has 1 aliphatic rings. The van der Waals surface area contributed by atoms with Gasteiger partial charge in [-0.2, -0.15) is 4.98 Å². The molecule has 0 spiro atoms. The average molecular weight is 354 g/mol. The van der Waals surface area contributed by atoms with E-state index in [-0.39, 0.29) is 17.9 Å². The highest BCUT2D eigenvalue weighted by atomic mass is 79.9. The fourth-order valence-electron chi connectivity index (χ4n) is 2.66. The number of rotatable bonds is 2. The van der Waals surface area contributed by atoms with Crippen molar-refractivity contribution >= 4 is 21.9 Å². The van der Waals surface area contributed by atoms with E-state index in [2.05, 4.69) is 42.9 Å². The fourth-order valence-corrected chi connectivity index (χ4v) is 3.12. The molecule has 1 fully saturated rings. The van der Waals surface area contributed by atoms with Gasteiger partial charge in [-0.3, -0.25) is 5.10 Å². The van der Waals surface area contributed by atoms with Gasteiger partial charge in [0.2, 0.25) is 5.95 Å². The summed E-state index contributed by atoms with van der Waals surface area (Å²) in [6.07, 6.45) is 2.05. The quantitative estimate of drug-likeness (QED) is 0.870. The van der Waals surface area contributed by atoms with Crippen LogP contribution in [0.2, 0.25) is 0 Å². The van der Waals surface area contributed by atoms with Crippen LogP contribution in [-0.4, -0.2) is 33.8 Å². The highest BCUT2D eigenvalue weighted by Gasteiger charge is 2.27. The number of H-pyrrole nitrogens is 1. The Morgan fingerprint density at radius 3 is 3.00 bits per heavy atom. The van der Waals surface area contributed by atoms with E-state index in [1.807, 2.05) is 0 Å². The van der Waals surface area contributed by atoms with Crippen LogP contribution in [0.15, 0.2) is 22.7 Å². The normalized spacial score (nSPS) is 22.6. The first-order chi connectivity index (χ1) is 10.0. The summed E-state index contributed by atoms with van der Waals surface area (Å²) in [4.78, 5) is 6.59. The zero-order chi connectivity index (χ0) is 15.0. The lowest BCUT2D eigenvalue weighted by molar-refractivity contribution is 0.416. The number of nitrogens with two attached hydrogens (primary N) is 1. The van der Waals surface area contributed by atoms with E-state index in [1.54, 1.807) is 6.07 Å². The summed E-state index contributed by atoms with van der Waals surface area (Å²) < 4.78 is 14.1. The number of piperidine rings is 1. The number of nitrogens with zero attached hydrogens (tertiary/aromatic N) is 3. The number of hydrogen-bond acceptors (Lipinski definition) is 4. The van der Waals surface area contributed by atoms with Gasteiger partial charge in [-0.05, 0) is 38.0 Å². The molecule has 0 bridgehead atoms. The molecular weight excluding hydrogens is 337 g/mol. The Labute approximate surface area is 130 Å². The molecule has 0 radical (unpaired) electrons. The number of aromatic nitrogens is 3. The van der Waals surface area contributed by atoms with Gasteiger partial charge in [-0.25, -0.2) is 4.39 Å². The molecule has 21 heavy (non-hydrogen) atoms. The molecule has 7 heteroatoms. The summed E-state index contributed by atoms with van der Waals surface area (Å²) in [7, 11) is 0. The molecule has 2 atom stereocenters. The van der Waals surface area contributed by atoms with Gasteiger partial charge in [0, 0.05) is 28.7 Å². The lowest BCUT2D eigenvalue weighted by Crippen LogP contribution is -2.50. The maximum absolute atomic E-state index is 13.5. The first-order valence-electron chi connectivity index (χ1n) is 6.95. The Balaban J connectivity index is 1.89. The average Bonchev–Trinajstić information content (AvgIpc) is 2.90. The number of anilines is 1. The van der Waals surface area contributed by atoms with Crippen LogP contribution in [0.3, 0.4) is 0 Å². The van der Waals surface area contributed by atoms with Gasteiger partial charge in [-0.15, -0.1) is 5.10 Å². The molecule has 3 N–H and O–H groups in total. The molecule has 0 saturated carbocycles. The van der Waals surface area contributed by atoms with Crippen LogP contribution >= 0.6 is 15.9 Å². The van der Waals surface area contributed by atoms with Gasteiger partial charge < -0.3 is 10.6 Å². The van der Waals surface area contributed by atoms with Crippen molar-refractivity contribution in [3.63, 3.8) is 0 Å². The van der Waals surface area contributed by atoms with Crippen molar-refractivity contribution in [3.8, 4) is 11.4 Å². The Bertz CT molecular complexity index is 624. The van der Waals surface area contributed by atoms with Gasteiger partial charge in [-0.1, -0.05) is 15.9 Å². The second-order valence-corrected chi connectivity index (χ2v) is 6.30. The standard InChI is InChI=1S/C14H17BrFN5/c1-8-12(17)3-2-4-21(8)14-18-13(19-20-14)9-5-10(15)7-11(16)6-9/h5-8,12H,2-4,17H2,1H3,(H,18,19,20). The van der Waals surface area contributed by atoms with E-state index in [1.165, 1.54) is 12.1 Å². The second kappa shape index (κ2) is 5.73. The molecule has 5 nitrogen and oxygen atoms in total. The largest absolute Gasteiger partial charge is 0.335 e. The minimum absolute atomic E-state index is 0.129. The molecule has 112 valence electrons. The van der Waals surface area contributed by atoms with E-state index < -0.39 is 0 Å². The van der Waals surface area contributed by atoms with E-state index in [0.29, 0.717) is 21.8 Å². The highest BCUT2D eigenvalue weighted by Crippen LogP contribution is 2.25. The third-order valence-electron chi connectivity index (χ3n) is 3.91. The highest BCUT2D eigenvalue weighted by molar-refractivity contribution is 9.10. The van der Waals surface area contributed by atoms with Gasteiger partial charge in [0.1, 0.15) is 5.82 Å². The molecule has 2 unspecified atom stereocenters. The van der Waals surface area contributed by atoms with Crippen molar-refractivity contribution in [2.24, 2.45) is 5.73 Å². The molecule has 2 heterocycles. The molecule has 1 aromatic heterocycles. The molecule has 1 saturated heterocycles. The molecule has 1 aliphatic heterocycles. The van der Waals surface area contributed by atoms with Crippen LogP contribution in [0.5, 0.6) is 0 Å². The van der Waals surface area contributed by atoms with Crippen molar-refractivity contribution in [2.75, 3.05) is 11.4 Å². The second-order valence-electron chi connectivity index (χ2n) is 5.38. The van der Waals surface area contributed by atoms with Crippen LogP contribution in [0.25, 0.3) is 11.4 Å². The van der Waals surface area contributed by atoms with Gasteiger partial charge in [0.25, 0.3) is 0 Å². The van der Waals surface area contributed by atoms with Crippen LogP contribution < -0.4 is 10.6 Å². The number of aromatic amines is 1. The summed E-state index contributed by atoms with van der Waals surface area (Å²) in [6, 6.07) is 4.97. The predicted octanol–water partition coefficient (Wildman–Crippen LogP) is 2.69. The SMILES string of the molecule is CC1C(N)CCCN1c1n[nH]c(-c2cc(F)cc(Br)c2)n1. The number of nitrogens with one attached hydrogen (secondary N) is 1. The van der Waals surface area contributed by atoms with Crippen molar-refractivity contribution < 1.29 is 4.39 Å². The summed E-state index contributed by atoms with van der Waals surface area (Å²) >= 11 is 3.28. The van der Waals surface area contributed by atoms with Gasteiger partial charge in [0.05, 0.1) is 0 Å². The number of benzene rings is 1. The van der Waals surface area contributed by atoms with Crippen molar-refractivity contribution in [3.05, 3.63) is 28.5 Å². The monoisotopic (exact) mass is 353 g/mol. The molecule has 0 amide bonds. The van der Waals surface area contributed by atoms with Crippen molar-refractivity contribution in [1.29, 1.82) is 0 Å². The number of halogens is 2. The summed E-state index contributed by atoms with van der Waals surface area (Å²) in [5.74, 6) is 0.857. The van der Waals surface area contributed by atoms with Crippen LogP contribution in [-0.2, 0) is 0 Å². The smallest absolute Gasteiger partial charge is 0.245 e.